The van der Waals surface area contributed by atoms with E-state index in [1.54, 1.807) is 12.1 Å². The molecule has 2 aromatic carbocycles. The van der Waals surface area contributed by atoms with E-state index in [-0.39, 0.29) is 18.4 Å². The van der Waals surface area contributed by atoms with Gasteiger partial charge in [-0.2, -0.15) is 0 Å². The second-order valence-electron chi connectivity index (χ2n) is 6.44. The molecule has 1 heterocycles. The minimum absolute atomic E-state index is 0.0824. The van der Waals surface area contributed by atoms with Gasteiger partial charge in [-0.05, 0) is 41.6 Å². The Kier molecular flexibility index (Phi) is 7.45. The molecule has 0 spiro atoms. The number of hydrogen-bond donors (Lipinski definition) is 2. The SMILES string of the molecule is CCNC(=O)COc1ccc(CNC(=O)c2sccc2-c2ccccc2)cc1OC. The molecule has 0 unspecified atom stereocenters. The van der Waals surface area contributed by atoms with Gasteiger partial charge in [0, 0.05) is 18.7 Å². The van der Waals surface area contributed by atoms with Crippen molar-refractivity contribution in [3.63, 3.8) is 0 Å². The predicted octanol–water partition coefficient (Wildman–Crippen LogP) is 3.87. The second kappa shape index (κ2) is 10.5. The van der Waals surface area contributed by atoms with Crippen LogP contribution < -0.4 is 20.1 Å². The third-order valence-electron chi connectivity index (χ3n) is 4.37. The molecule has 0 saturated carbocycles. The smallest absolute Gasteiger partial charge is 0.262 e. The van der Waals surface area contributed by atoms with E-state index < -0.39 is 0 Å². The van der Waals surface area contributed by atoms with E-state index in [1.165, 1.54) is 18.4 Å². The van der Waals surface area contributed by atoms with Crippen LogP contribution in [0.25, 0.3) is 11.1 Å². The number of ether oxygens (including phenoxy) is 2. The highest BCUT2D eigenvalue weighted by molar-refractivity contribution is 7.12. The number of nitrogens with one attached hydrogen (secondary N) is 2. The molecule has 0 saturated heterocycles. The highest BCUT2D eigenvalue weighted by Crippen LogP contribution is 2.29. The van der Waals surface area contributed by atoms with Gasteiger partial charge in [0.2, 0.25) is 0 Å². The van der Waals surface area contributed by atoms with Crippen LogP contribution in [0.2, 0.25) is 0 Å². The number of hydrogen-bond acceptors (Lipinski definition) is 5. The third-order valence-corrected chi connectivity index (χ3v) is 5.28. The summed E-state index contributed by atoms with van der Waals surface area (Å²) in [5, 5.41) is 7.55. The molecule has 2 amide bonds. The molecule has 30 heavy (non-hydrogen) atoms. The first-order valence-electron chi connectivity index (χ1n) is 9.60. The molecule has 6 nitrogen and oxygen atoms in total. The number of thiophene rings is 1. The summed E-state index contributed by atoms with van der Waals surface area (Å²) in [6.07, 6.45) is 0. The largest absolute Gasteiger partial charge is 0.493 e. The zero-order chi connectivity index (χ0) is 21.3. The van der Waals surface area contributed by atoms with Gasteiger partial charge < -0.3 is 20.1 Å². The zero-order valence-corrected chi connectivity index (χ0v) is 17.8. The number of amides is 2. The molecular weight excluding hydrogens is 400 g/mol. The minimum Gasteiger partial charge on any atom is -0.493 e. The summed E-state index contributed by atoms with van der Waals surface area (Å²) in [6.45, 7) is 2.66. The summed E-state index contributed by atoms with van der Waals surface area (Å²) >= 11 is 1.42. The molecule has 156 valence electrons. The molecule has 7 heteroatoms. The molecule has 0 radical (unpaired) electrons. The molecule has 3 rings (SSSR count). The highest BCUT2D eigenvalue weighted by atomic mass is 32.1. The first kappa shape index (κ1) is 21.4. The van der Waals surface area contributed by atoms with Crippen molar-refractivity contribution in [1.82, 2.24) is 10.6 Å². The Labute approximate surface area is 179 Å². The van der Waals surface area contributed by atoms with Crippen LogP contribution in [0.5, 0.6) is 11.5 Å². The molecule has 0 aliphatic heterocycles. The number of carbonyl (C=O) groups is 2. The Hall–Kier alpha value is -3.32. The maximum atomic E-state index is 12.7. The average Bonchev–Trinajstić information content (AvgIpc) is 3.27. The van der Waals surface area contributed by atoms with Gasteiger partial charge in [0.25, 0.3) is 11.8 Å². The molecule has 3 aromatic rings. The Bertz CT molecular complexity index is 1000. The van der Waals surface area contributed by atoms with Gasteiger partial charge in [-0.25, -0.2) is 0 Å². The lowest BCUT2D eigenvalue weighted by molar-refractivity contribution is -0.123. The lowest BCUT2D eigenvalue weighted by Gasteiger charge is -2.12. The second-order valence-corrected chi connectivity index (χ2v) is 7.36. The summed E-state index contributed by atoms with van der Waals surface area (Å²) in [6, 6.07) is 17.2. The minimum atomic E-state index is -0.193. The van der Waals surface area contributed by atoms with Crippen molar-refractivity contribution in [2.45, 2.75) is 13.5 Å². The quantitative estimate of drug-likeness (QED) is 0.547. The molecule has 1 aromatic heterocycles. The number of methoxy groups -OCH3 is 1. The fourth-order valence-corrected chi connectivity index (χ4v) is 3.76. The van der Waals surface area contributed by atoms with Crippen molar-refractivity contribution in [3.05, 3.63) is 70.4 Å². The van der Waals surface area contributed by atoms with Crippen molar-refractivity contribution < 1.29 is 19.1 Å². The number of benzene rings is 2. The monoisotopic (exact) mass is 424 g/mol. The summed E-state index contributed by atoms with van der Waals surface area (Å²) < 4.78 is 10.9. The molecular formula is C23H24N2O4S. The van der Waals surface area contributed by atoms with Crippen molar-refractivity contribution in [3.8, 4) is 22.6 Å². The van der Waals surface area contributed by atoms with E-state index in [0.717, 1.165) is 16.7 Å². The Morgan fingerprint density at radius 1 is 1.00 bits per heavy atom. The Morgan fingerprint density at radius 3 is 2.53 bits per heavy atom. The van der Waals surface area contributed by atoms with Gasteiger partial charge in [0.05, 0.1) is 12.0 Å². The van der Waals surface area contributed by atoms with Crippen LogP contribution >= 0.6 is 11.3 Å². The van der Waals surface area contributed by atoms with Gasteiger partial charge in [-0.1, -0.05) is 36.4 Å². The lowest BCUT2D eigenvalue weighted by atomic mass is 10.1. The van der Waals surface area contributed by atoms with Gasteiger partial charge >= 0.3 is 0 Å². The standard InChI is InChI=1S/C23H24N2O4S/c1-3-24-21(26)15-29-19-10-9-16(13-20(19)28-2)14-25-23(27)22-18(11-12-30-22)17-7-5-4-6-8-17/h4-13H,3,14-15H2,1-2H3,(H,24,26)(H,25,27). The molecule has 0 fully saturated rings. The lowest BCUT2D eigenvalue weighted by Crippen LogP contribution is -2.28. The normalized spacial score (nSPS) is 10.3. The fraction of sp³-hybridized carbons (Fsp3) is 0.217. The van der Waals surface area contributed by atoms with E-state index in [0.29, 0.717) is 29.5 Å². The molecule has 0 aliphatic carbocycles. The van der Waals surface area contributed by atoms with E-state index in [4.69, 9.17) is 9.47 Å². The highest BCUT2D eigenvalue weighted by Gasteiger charge is 2.15. The van der Waals surface area contributed by atoms with E-state index in [9.17, 15) is 9.59 Å². The van der Waals surface area contributed by atoms with Crippen LogP contribution in [0.15, 0.2) is 60.0 Å². The van der Waals surface area contributed by atoms with Crippen LogP contribution in [0.3, 0.4) is 0 Å². The van der Waals surface area contributed by atoms with Gasteiger partial charge in [0.1, 0.15) is 0 Å². The molecule has 0 bridgehead atoms. The van der Waals surface area contributed by atoms with Gasteiger partial charge in [-0.15, -0.1) is 11.3 Å². The van der Waals surface area contributed by atoms with E-state index in [2.05, 4.69) is 10.6 Å². The molecule has 0 atom stereocenters. The third kappa shape index (κ3) is 5.39. The zero-order valence-electron chi connectivity index (χ0n) is 16.9. The first-order valence-corrected chi connectivity index (χ1v) is 10.5. The van der Waals surface area contributed by atoms with Crippen molar-refractivity contribution >= 4 is 23.2 Å². The van der Waals surface area contributed by atoms with Crippen LogP contribution in [0.4, 0.5) is 0 Å². The van der Waals surface area contributed by atoms with Gasteiger partial charge in [0.15, 0.2) is 18.1 Å². The topological polar surface area (TPSA) is 76.7 Å². The van der Waals surface area contributed by atoms with Gasteiger partial charge in [-0.3, -0.25) is 9.59 Å². The van der Waals surface area contributed by atoms with Crippen LogP contribution in [0.1, 0.15) is 22.2 Å². The maximum absolute atomic E-state index is 12.7. The number of carbonyl (C=O) groups excluding carboxylic acids is 2. The maximum Gasteiger partial charge on any atom is 0.262 e. The Morgan fingerprint density at radius 2 is 1.80 bits per heavy atom. The predicted molar refractivity (Wildman–Crippen MR) is 118 cm³/mol. The van der Waals surface area contributed by atoms with Crippen LogP contribution in [0, 0.1) is 0 Å². The summed E-state index contributed by atoms with van der Waals surface area (Å²) in [5.74, 6) is 0.663. The van der Waals surface area contributed by atoms with Crippen molar-refractivity contribution in [2.24, 2.45) is 0 Å². The number of rotatable bonds is 9. The average molecular weight is 425 g/mol. The Balaban J connectivity index is 1.64. The van der Waals surface area contributed by atoms with Crippen molar-refractivity contribution in [1.29, 1.82) is 0 Å². The summed E-state index contributed by atoms with van der Waals surface area (Å²) in [4.78, 5) is 25.0. The summed E-state index contributed by atoms with van der Waals surface area (Å²) in [5.41, 5.74) is 2.80. The van der Waals surface area contributed by atoms with Crippen LogP contribution in [-0.2, 0) is 11.3 Å². The van der Waals surface area contributed by atoms with E-state index >= 15 is 0 Å². The number of likely N-dealkylation sites (N-methyl/N-ethyl adjacent to an activating group) is 1. The van der Waals surface area contributed by atoms with Crippen molar-refractivity contribution in [2.75, 3.05) is 20.3 Å². The molecule has 0 aliphatic rings. The fourth-order valence-electron chi connectivity index (χ4n) is 2.93. The van der Waals surface area contributed by atoms with E-state index in [1.807, 2.05) is 54.8 Å². The summed E-state index contributed by atoms with van der Waals surface area (Å²) in [7, 11) is 1.54. The first-order chi connectivity index (χ1) is 14.6. The molecule has 2 N–H and O–H groups in total. The van der Waals surface area contributed by atoms with Crippen LogP contribution in [-0.4, -0.2) is 32.1 Å².